The standard InChI is InChI=1S/C17H17Cl2N3O3/c18-10-7-14(19)17(21-9-10)25-12-3-1-11(2-4-12)22-16(23)15-6-5-13(8-20)24-15/h1-4,7,9,13,15H,5-6,8,20H2,(H,22,23)/t13-,15+/m1/s1. The monoisotopic (exact) mass is 381 g/mol. The van der Waals surface area contributed by atoms with Crippen molar-refractivity contribution in [2.45, 2.75) is 25.0 Å². The van der Waals surface area contributed by atoms with Gasteiger partial charge in [0.15, 0.2) is 0 Å². The molecule has 1 fully saturated rings. The van der Waals surface area contributed by atoms with E-state index in [1.54, 1.807) is 30.3 Å². The first-order chi connectivity index (χ1) is 12.0. The van der Waals surface area contributed by atoms with Crippen LogP contribution in [0.3, 0.4) is 0 Å². The van der Waals surface area contributed by atoms with E-state index in [9.17, 15) is 4.79 Å². The normalized spacial score (nSPS) is 19.6. The van der Waals surface area contributed by atoms with Crippen LogP contribution >= 0.6 is 23.2 Å². The van der Waals surface area contributed by atoms with Crippen LogP contribution in [0.15, 0.2) is 36.5 Å². The van der Waals surface area contributed by atoms with Crippen molar-refractivity contribution in [2.24, 2.45) is 5.73 Å². The van der Waals surface area contributed by atoms with Gasteiger partial charge >= 0.3 is 0 Å². The van der Waals surface area contributed by atoms with Crippen molar-refractivity contribution in [3.05, 3.63) is 46.6 Å². The minimum Gasteiger partial charge on any atom is -0.438 e. The van der Waals surface area contributed by atoms with Gasteiger partial charge in [-0.05, 0) is 43.2 Å². The highest BCUT2D eigenvalue weighted by Gasteiger charge is 2.29. The molecule has 0 radical (unpaired) electrons. The molecule has 0 spiro atoms. The zero-order valence-corrected chi connectivity index (χ0v) is 14.8. The molecule has 132 valence electrons. The molecular weight excluding hydrogens is 365 g/mol. The number of nitrogens with one attached hydrogen (secondary N) is 1. The lowest BCUT2D eigenvalue weighted by Crippen LogP contribution is -2.29. The van der Waals surface area contributed by atoms with Gasteiger partial charge in [-0.25, -0.2) is 4.98 Å². The topological polar surface area (TPSA) is 86.5 Å². The Morgan fingerprint density at radius 3 is 2.72 bits per heavy atom. The summed E-state index contributed by atoms with van der Waals surface area (Å²) in [4.78, 5) is 16.2. The van der Waals surface area contributed by atoms with Crippen molar-refractivity contribution in [2.75, 3.05) is 11.9 Å². The van der Waals surface area contributed by atoms with E-state index in [0.29, 0.717) is 34.4 Å². The fraction of sp³-hybridized carbons (Fsp3) is 0.294. The number of aromatic nitrogens is 1. The average Bonchev–Trinajstić information content (AvgIpc) is 3.08. The highest BCUT2D eigenvalue weighted by molar-refractivity contribution is 6.35. The molecule has 1 saturated heterocycles. The predicted octanol–water partition coefficient (Wildman–Crippen LogP) is 3.63. The van der Waals surface area contributed by atoms with Crippen molar-refractivity contribution in [3.63, 3.8) is 0 Å². The van der Waals surface area contributed by atoms with Crippen LogP contribution in [0, 0.1) is 0 Å². The number of benzene rings is 1. The molecule has 0 bridgehead atoms. The number of nitrogens with zero attached hydrogens (tertiary/aromatic N) is 1. The number of carbonyl (C=O) groups excluding carboxylic acids is 1. The maximum Gasteiger partial charge on any atom is 0.253 e. The second kappa shape index (κ2) is 8.01. The Morgan fingerprint density at radius 2 is 2.08 bits per heavy atom. The zero-order chi connectivity index (χ0) is 17.8. The Morgan fingerprint density at radius 1 is 1.32 bits per heavy atom. The third-order valence-electron chi connectivity index (χ3n) is 3.77. The molecule has 0 saturated carbocycles. The number of halogens is 2. The molecule has 3 rings (SSSR count). The van der Waals surface area contributed by atoms with Crippen LogP contribution in [0.4, 0.5) is 5.69 Å². The van der Waals surface area contributed by atoms with E-state index < -0.39 is 6.10 Å². The molecule has 2 atom stereocenters. The van der Waals surface area contributed by atoms with E-state index in [0.717, 1.165) is 6.42 Å². The first kappa shape index (κ1) is 17.9. The van der Waals surface area contributed by atoms with Gasteiger partial charge in [-0.1, -0.05) is 23.2 Å². The summed E-state index contributed by atoms with van der Waals surface area (Å²) >= 11 is 11.8. The minimum atomic E-state index is -0.457. The molecule has 1 aromatic heterocycles. The van der Waals surface area contributed by atoms with Gasteiger partial charge in [0, 0.05) is 18.4 Å². The lowest BCUT2D eigenvalue weighted by molar-refractivity contribution is -0.126. The quantitative estimate of drug-likeness (QED) is 0.825. The minimum absolute atomic E-state index is 0.0387. The van der Waals surface area contributed by atoms with Crippen LogP contribution in [-0.4, -0.2) is 29.6 Å². The number of rotatable bonds is 5. The van der Waals surface area contributed by atoms with Gasteiger partial charge in [-0.2, -0.15) is 0 Å². The third-order valence-corrected chi connectivity index (χ3v) is 4.25. The average molecular weight is 382 g/mol. The number of pyridine rings is 1. The van der Waals surface area contributed by atoms with Crippen LogP contribution in [-0.2, 0) is 9.53 Å². The van der Waals surface area contributed by atoms with Crippen molar-refractivity contribution in [1.29, 1.82) is 0 Å². The predicted molar refractivity (Wildman–Crippen MR) is 96.4 cm³/mol. The van der Waals surface area contributed by atoms with Gasteiger partial charge < -0.3 is 20.5 Å². The van der Waals surface area contributed by atoms with Crippen LogP contribution in [0.2, 0.25) is 10.0 Å². The third kappa shape index (κ3) is 4.61. The SMILES string of the molecule is NC[C@H]1CC[C@@H](C(=O)Nc2ccc(Oc3ncc(Cl)cc3Cl)cc2)O1. The number of hydrogen-bond acceptors (Lipinski definition) is 5. The number of amides is 1. The van der Waals surface area contributed by atoms with Gasteiger partial charge in [0.1, 0.15) is 16.9 Å². The van der Waals surface area contributed by atoms with Gasteiger partial charge in [-0.3, -0.25) is 4.79 Å². The molecule has 6 nitrogen and oxygen atoms in total. The summed E-state index contributed by atoms with van der Waals surface area (Å²) in [7, 11) is 0. The molecule has 1 amide bonds. The van der Waals surface area contributed by atoms with Gasteiger partial charge in [0.05, 0.1) is 11.1 Å². The Labute approximate surface area is 155 Å². The highest BCUT2D eigenvalue weighted by Crippen LogP contribution is 2.29. The summed E-state index contributed by atoms with van der Waals surface area (Å²) in [6, 6.07) is 8.43. The summed E-state index contributed by atoms with van der Waals surface area (Å²) in [6.07, 6.45) is 2.43. The number of ether oxygens (including phenoxy) is 2. The molecule has 0 unspecified atom stereocenters. The Kier molecular flexibility index (Phi) is 5.75. The molecule has 1 aliphatic rings. The first-order valence-electron chi connectivity index (χ1n) is 7.80. The van der Waals surface area contributed by atoms with Gasteiger partial charge in [-0.15, -0.1) is 0 Å². The summed E-state index contributed by atoms with van der Waals surface area (Å²) < 4.78 is 11.2. The van der Waals surface area contributed by atoms with Gasteiger partial charge in [0.2, 0.25) is 5.88 Å². The Hall–Kier alpha value is -1.86. The maximum atomic E-state index is 12.2. The summed E-state index contributed by atoms with van der Waals surface area (Å²) in [6.45, 7) is 0.428. The number of nitrogens with two attached hydrogens (primary N) is 1. The summed E-state index contributed by atoms with van der Waals surface area (Å²) in [5.41, 5.74) is 6.20. The van der Waals surface area contributed by atoms with E-state index >= 15 is 0 Å². The van der Waals surface area contributed by atoms with Crippen LogP contribution in [0.5, 0.6) is 11.6 Å². The van der Waals surface area contributed by atoms with Crippen LogP contribution in [0.1, 0.15) is 12.8 Å². The zero-order valence-electron chi connectivity index (χ0n) is 13.2. The highest BCUT2D eigenvalue weighted by atomic mass is 35.5. The molecule has 1 aliphatic heterocycles. The molecule has 0 aliphatic carbocycles. The molecule has 3 N–H and O–H groups in total. The molecule has 2 aromatic rings. The summed E-state index contributed by atoms with van der Waals surface area (Å²) in [5, 5.41) is 3.57. The maximum absolute atomic E-state index is 12.2. The van der Waals surface area contributed by atoms with E-state index in [2.05, 4.69) is 10.3 Å². The Balaban J connectivity index is 1.59. The van der Waals surface area contributed by atoms with E-state index in [4.69, 9.17) is 38.4 Å². The van der Waals surface area contributed by atoms with E-state index in [1.807, 2.05) is 0 Å². The molecule has 8 heteroatoms. The van der Waals surface area contributed by atoms with Crippen molar-refractivity contribution in [3.8, 4) is 11.6 Å². The van der Waals surface area contributed by atoms with Gasteiger partial charge in [0.25, 0.3) is 5.91 Å². The first-order valence-corrected chi connectivity index (χ1v) is 8.56. The lowest BCUT2D eigenvalue weighted by Gasteiger charge is -2.13. The number of anilines is 1. The molecule has 1 aromatic carbocycles. The summed E-state index contributed by atoms with van der Waals surface area (Å²) in [5.74, 6) is 0.622. The largest absolute Gasteiger partial charge is 0.438 e. The van der Waals surface area contributed by atoms with Crippen LogP contribution < -0.4 is 15.8 Å². The van der Waals surface area contributed by atoms with Crippen molar-refractivity contribution < 1.29 is 14.3 Å². The fourth-order valence-electron chi connectivity index (χ4n) is 2.49. The number of hydrogen-bond donors (Lipinski definition) is 2. The van der Waals surface area contributed by atoms with E-state index in [1.165, 1.54) is 6.20 Å². The second-order valence-electron chi connectivity index (χ2n) is 5.62. The number of carbonyl (C=O) groups is 1. The van der Waals surface area contributed by atoms with Crippen molar-refractivity contribution >= 4 is 34.8 Å². The lowest BCUT2D eigenvalue weighted by atomic mass is 10.2. The molecular formula is C17H17Cl2N3O3. The van der Waals surface area contributed by atoms with Crippen molar-refractivity contribution in [1.82, 2.24) is 4.98 Å². The molecule has 2 heterocycles. The fourth-order valence-corrected chi connectivity index (χ4v) is 2.91. The second-order valence-corrected chi connectivity index (χ2v) is 6.46. The van der Waals surface area contributed by atoms with Crippen LogP contribution in [0.25, 0.3) is 0 Å². The Bertz CT molecular complexity index is 755. The molecule has 25 heavy (non-hydrogen) atoms. The van der Waals surface area contributed by atoms with E-state index in [-0.39, 0.29) is 17.9 Å². The smallest absolute Gasteiger partial charge is 0.253 e.